The molecule has 0 aliphatic rings. The van der Waals surface area contributed by atoms with Gasteiger partial charge >= 0.3 is 0 Å². The maximum absolute atomic E-state index is 12.4. The second kappa shape index (κ2) is 8.46. The molecule has 1 N–H and O–H groups in total. The van der Waals surface area contributed by atoms with Crippen molar-refractivity contribution in [2.45, 2.75) is 44.1 Å². The van der Waals surface area contributed by atoms with E-state index in [1.807, 2.05) is 37.4 Å². The van der Waals surface area contributed by atoms with Crippen molar-refractivity contribution in [3.05, 3.63) is 52.8 Å². The van der Waals surface area contributed by atoms with E-state index in [1.54, 1.807) is 0 Å². The zero-order chi connectivity index (χ0) is 18.5. The molecule has 0 radical (unpaired) electrons. The Hall–Kier alpha value is -2.19. The average Bonchev–Trinajstić information content (AvgIpc) is 3.21. The summed E-state index contributed by atoms with van der Waals surface area (Å²) in [4.78, 5) is 16.7. The number of amides is 1. The molecule has 0 aliphatic heterocycles. The Balaban J connectivity index is 1.68. The summed E-state index contributed by atoms with van der Waals surface area (Å²) in [5.41, 5.74) is 2.10. The van der Waals surface area contributed by atoms with Crippen LogP contribution in [0.25, 0.3) is 0 Å². The lowest BCUT2D eigenvalue weighted by Crippen LogP contribution is -2.23. The molecule has 1 amide bonds. The molecular weight excluding hydrogens is 366 g/mol. The molecule has 0 saturated heterocycles. The minimum absolute atomic E-state index is 0.0837. The summed E-state index contributed by atoms with van der Waals surface area (Å²) in [6, 6.07) is 10.2. The van der Waals surface area contributed by atoms with E-state index in [1.165, 1.54) is 28.7 Å². The number of benzene rings is 1. The minimum atomic E-state index is -0.293. The van der Waals surface area contributed by atoms with Gasteiger partial charge in [-0.2, -0.15) is 0 Å². The third-order valence-corrected chi connectivity index (χ3v) is 5.77. The fourth-order valence-electron chi connectivity index (χ4n) is 2.46. The van der Waals surface area contributed by atoms with Crippen molar-refractivity contribution >= 4 is 34.1 Å². The lowest BCUT2D eigenvalue weighted by Gasteiger charge is -2.11. The average molecular weight is 388 g/mol. The van der Waals surface area contributed by atoms with Crippen LogP contribution in [0.3, 0.4) is 0 Å². The first-order valence-corrected chi connectivity index (χ1v) is 10.2. The fraction of sp³-hybridized carbons (Fsp3) is 0.333. The molecule has 1 aromatic carbocycles. The topological polar surface area (TPSA) is 72.7 Å². The Labute approximate surface area is 161 Å². The maximum Gasteiger partial charge on any atom is 0.239 e. The number of anilines is 1. The van der Waals surface area contributed by atoms with Gasteiger partial charge in [0.25, 0.3) is 0 Å². The molecule has 0 spiro atoms. The van der Waals surface area contributed by atoms with Gasteiger partial charge in [-0.1, -0.05) is 42.1 Å². The second-order valence-corrected chi connectivity index (χ2v) is 8.01. The smallest absolute Gasteiger partial charge is 0.239 e. The zero-order valence-corrected chi connectivity index (χ0v) is 16.6. The summed E-state index contributed by atoms with van der Waals surface area (Å²) >= 11 is 2.84. The van der Waals surface area contributed by atoms with E-state index in [0.717, 1.165) is 29.6 Å². The lowest BCUT2D eigenvalue weighted by molar-refractivity contribution is -0.115. The van der Waals surface area contributed by atoms with Gasteiger partial charge < -0.3 is 9.88 Å². The predicted molar refractivity (Wildman–Crippen MR) is 106 cm³/mol. The van der Waals surface area contributed by atoms with Crippen LogP contribution < -0.4 is 5.32 Å². The summed E-state index contributed by atoms with van der Waals surface area (Å²) in [5, 5.41) is 14.5. The zero-order valence-electron chi connectivity index (χ0n) is 15.0. The van der Waals surface area contributed by atoms with E-state index in [0.29, 0.717) is 5.13 Å². The van der Waals surface area contributed by atoms with Crippen molar-refractivity contribution in [2.24, 2.45) is 0 Å². The third-order valence-electron chi connectivity index (χ3n) is 3.82. The molecule has 6 nitrogen and oxygen atoms in total. The molecule has 0 fully saturated rings. The number of carbonyl (C=O) groups excluding carboxylic acids is 1. The van der Waals surface area contributed by atoms with E-state index >= 15 is 0 Å². The van der Waals surface area contributed by atoms with Gasteiger partial charge in [-0.3, -0.25) is 4.79 Å². The van der Waals surface area contributed by atoms with Crippen LogP contribution in [-0.2, 0) is 17.8 Å². The number of rotatable bonds is 7. The van der Waals surface area contributed by atoms with Crippen molar-refractivity contribution in [3.8, 4) is 0 Å². The lowest BCUT2D eigenvalue weighted by atomic mass is 10.1. The molecule has 0 aliphatic carbocycles. The molecule has 8 heteroatoms. The number of aromatic nitrogens is 4. The number of hydrogen-bond acceptors (Lipinski definition) is 6. The normalized spacial score (nSPS) is 12.1. The number of hydrogen-bond donors (Lipinski definition) is 1. The monoisotopic (exact) mass is 387 g/mol. The van der Waals surface area contributed by atoms with E-state index in [4.69, 9.17) is 0 Å². The Bertz CT molecular complexity index is 875. The van der Waals surface area contributed by atoms with E-state index in [9.17, 15) is 4.79 Å². The summed E-state index contributed by atoms with van der Waals surface area (Å²) in [7, 11) is 0. The van der Waals surface area contributed by atoms with Gasteiger partial charge in [0, 0.05) is 18.3 Å². The highest BCUT2D eigenvalue weighted by Gasteiger charge is 2.20. The molecule has 3 aromatic rings. The van der Waals surface area contributed by atoms with Crippen molar-refractivity contribution in [3.63, 3.8) is 0 Å². The van der Waals surface area contributed by atoms with Crippen molar-refractivity contribution in [1.82, 2.24) is 19.7 Å². The van der Waals surface area contributed by atoms with Gasteiger partial charge in [0.1, 0.15) is 5.82 Å². The molecule has 3 rings (SSSR count). The molecule has 1 unspecified atom stereocenters. The Morgan fingerprint density at radius 1 is 1.31 bits per heavy atom. The predicted octanol–water partition coefficient (Wildman–Crippen LogP) is 3.77. The first-order chi connectivity index (χ1) is 12.6. The van der Waals surface area contributed by atoms with Crippen molar-refractivity contribution in [2.75, 3.05) is 5.32 Å². The number of nitrogens with zero attached hydrogens (tertiary/aromatic N) is 4. The number of carbonyl (C=O) groups is 1. The summed E-state index contributed by atoms with van der Waals surface area (Å²) in [5.74, 6) is 0.823. The van der Waals surface area contributed by atoms with Crippen LogP contribution in [0, 0.1) is 6.92 Å². The first-order valence-electron chi connectivity index (χ1n) is 8.42. The first kappa shape index (κ1) is 18.6. The second-order valence-electron chi connectivity index (χ2n) is 5.85. The fourth-order valence-corrected chi connectivity index (χ4v) is 4.09. The van der Waals surface area contributed by atoms with Gasteiger partial charge in [-0.25, -0.2) is 4.98 Å². The summed E-state index contributed by atoms with van der Waals surface area (Å²) in [6.45, 7) is 6.59. The summed E-state index contributed by atoms with van der Waals surface area (Å²) < 4.78 is 2.06. The quantitative estimate of drug-likeness (QED) is 0.625. The van der Waals surface area contributed by atoms with Gasteiger partial charge in [0.15, 0.2) is 10.3 Å². The van der Waals surface area contributed by atoms with Crippen LogP contribution in [0.2, 0.25) is 0 Å². The van der Waals surface area contributed by atoms with E-state index in [-0.39, 0.29) is 11.2 Å². The van der Waals surface area contributed by atoms with Gasteiger partial charge in [-0.05, 0) is 26.3 Å². The minimum Gasteiger partial charge on any atom is -0.306 e. The molecule has 136 valence electrons. The van der Waals surface area contributed by atoms with E-state index < -0.39 is 0 Å². The van der Waals surface area contributed by atoms with Crippen molar-refractivity contribution in [1.29, 1.82) is 0 Å². The number of nitrogens with one attached hydrogen (secondary N) is 1. The Morgan fingerprint density at radius 2 is 2.08 bits per heavy atom. The van der Waals surface area contributed by atoms with Gasteiger partial charge in [0.2, 0.25) is 5.91 Å². The van der Waals surface area contributed by atoms with Crippen LogP contribution in [0.5, 0.6) is 0 Å². The van der Waals surface area contributed by atoms with Crippen LogP contribution in [0.4, 0.5) is 5.13 Å². The van der Waals surface area contributed by atoms with Crippen molar-refractivity contribution < 1.29 is 4.79 Å². The Kier molecular flexibility index (Phi) is 6.05. The standard InChI is InChI=1S/C18H21N5OS2/c1-4-23-15(10-14-8-6-5-7-9-14)21-22-18(23)26-13(3)16(24)20-17-19-12(2)11-25-17/h5-9,11,13H,4,10H2,1-3H3,(H,19,20,24). The van der Waals surface area contributed by atoms with Gasteiger partial charge in [-0.15, -0.1) is 21.5 Å². The van der Waals surface area contributed by atoms with Crippen LogP contribution in [0.15, 0.2) is 40.9 Å². The largest absolute Gasteiger partial charge is 0.306 e. The van der Waals surface area contributed by atoms with Gasteiger partial charge in [0.05, 0.1) is 10.9 Å². The Morgan fingerprint density at radius 3 is 2.73 bits per heavy atom. The molecular formula is C18H21N5OS2. The molecule has 2 aromatic heterocycles. The number of aryl methyl sites for hydroxylation is 1. The van der Waals surface area contributed by atoms with Crippen LogP contribution in [-0.4, -0.2) is 30.9 Å². The maximum atomic E-state index is 12.4. The number of thiazole rings is 1. The molecule has 26 heavy (non-hydrogen) atoms. The van der Waals surface area contributed by atoms with Crippen LogP contribution in [0.1, 0.15) is 30.9 Å². The highest BCUT2D eigenvalue weighted by atomic mass is 32.2. The highest BCUT2D eigenvalue weighted by molar-refractivity contribution is 8.00. The molecule has 0 saturated carbocycles. The SMILES string of the molecule is CCn1c(Cc2ccccc2)nnc1SC(C)C(=O)Nc1nc(C)cs1. The molecule has 1 atom stereocenters. The molecule has 2 heterocycles. The summed E-state index contributed by atoms with van der Waals surface area (Å²) in [6.07, 6.45) is 0.723. The van der Waals surface area contributed by atoms with Crippen LogP contribution >= 0.6 is 23.1 Å². The number of thioether (sulfide) groups is 1. The van der Waals surface area contributed by atoms with E-state index in [2.05, 4.69) is 44.1 Å². The highest BCUT2D eigenvalue weighted by Crippen LogP contribution is 2.25. The molecule has 0 bridgehead atoms. The third kappa shape index (κ3) is 4.50.